The number of carbonyl (C=O) groups is 1. The molecule has 2 aromatic rings. The highest BCUT2D eigenvalue weighted by Crippen LogP contribution is 2.32. The minimum absolute atomic E-state index is 0.0870. The smallest absolute Gasteiger partial charge is 0.254 e. The Labute approximate surface area is 138 Å². The Morgan fingerprint density at radius 3 is 2.83 bits per heavy atom. The maximum Gasteiger partial charge on any atom is 0.254 e. The van der Waals surface area contributed by atoms with Crippen LogP contribution < -0.4 is 5.56 Å². The lowest BCUT2D eigenvalue weighted by Gasteiger charge is -2.22. The molecular weight excluding hydrogens is 312 g/mol. The molecule has 128 valence electrons. The number of rotatable bonds is 3. The topological polar surface area (TPSA) is 112 Å². The van der Waals surface area contributed by atoms with Gasteiger partial charge in [0.1, 0.15) is 6.04 Å². The van der Waals surface area contributed by atoms with E-state index in [4.69, 9.17) is 4.52 Å². The number of aliphatic hydroxyl groups excluding tert-OH is 1. The van der Waals surface area contributed by atoms with Gasteiger partial charge in [-0.15, -0.1) is 0 Å². The lowest BCUT2D eigenvalue weighted by molar-refractivity contribution is 0.0693. The van der Waals surface area contributed by atoms with Gasteiger partial charge in [-0.1, -0.05) is 19.0 Å². The van der Waals surface area contributed by atoms with Crippen molar-refractivity contribution in [3.05, 3.63) is 45.5 Å². The summed E-state index contributed by atoms with van der Waals surface area (Å²) in [6.45, 7) is 5.72. The number of aromatic amines is 1. The standard InChI is InChI=1S/C16H20N4O4/c1-8(2)12-4-10(5-14(22)18-12)16(23)20-7-11(21)6-13(20)15-17-9(3)19-24-15/h4-5,8,11,13,21H,6-7H2,1-3H3,(H,18,22)/t11-,13+/m0/s1. The second-order valence-electron chi connectivity index (χ2n) is 6.39. The predicted octanol–water partition coefficient (Wildman–Crippen LogP) is 1.14. The number of pyridine rings is 1. The van der Waals surface area contributed by atoms with Gasteiger partial charge in [0, 0.05) is 30.3 Å². The summed E-state index contributed by atoms with van der Waals surface area (Å²) in [6, 6.07) is 2.46. The Hall–Kier alpha value is -2.48. The first-order chi connectivity index (χ1) is 11.3. The SMILES string of the molecule is Cc1noc([C@H]2C[C@H](O)CN2C(=O)c2cc(C(C)C)[nH]c(=O)c2)n1. The van der Waals surface area contributed by atoms with Gasteiger partial charge in [0.25, 0.3) is 5.91 Å². The molecule has 1 amide bonds. The first kappa shape index (κ1) is 16.4. The van der Waals surface area contributed by atoms with Gasteiger partial charge in [-0.25, -0.2) is 0 Å². The molecule has 1 fully saturated rings. The predicted molar refractivity (Wildman–Crippen MR) is 84.6 cm³/mol. The zero-order valence-electron chi connectivity index (χ0n) is 13.8. The summed E-state index contributed by atoms with van der Waals surface area (Å²) in [6.07, 6.45) is -0.342. The fourth-order valence-corrected chi connectivity index (χ4v) is 2.89. The van der Waals surface area contributed by atoms with Crippen LogP contribution in [0.4, 0.5) is 0 Å². The molecule has 8 heteroatoms. The highest BCUT2D eigenvalue weighted by Gasteiger charge is 2.39. The Kier molecular flexibility index (Phi) is 4.23. The van der Waals surface area contributed by atoms with Crippen molar-refractivity contribution in [2.45, 2.75) is 45.3 Å². The zero-order valence-corrected chi connectivity index (χ0v) is 13.8. The van der Waals surface area contributed by atoms with Crippen molar-refractivity contribution in [2.75, 3.05) is 6.54 Å². The number of nitrogens with zero attached hydrogens (tertiary/aromatic N) is 3. The molecule has 1 aliphatic heterocycles. The van der Waals surface area contributed by atoms with Gasteiger partial charge in [0.15, 0.2) is 5.82 Å². The summed E-state index contributed by atoms with van der Waals surface area (Å²) in [7, 11) is 0. The van der Waals surface area contributed by atoms with Crippen molar-refractivity contribution < 1.29 is 14.4 Å². The van der Waals surface area contributed by atoms with E-state index in [2.05, 4.69) is 15.1 Å². The Balaban J connectivity index is 1.94. The maximum atomic E-state index is 12.9. The largest absolute Gasteiger partial charge is 0.391 e. The van der Waals surface area contributed by atoms with Crippen LogP contribution in [-0.4, -0.2) is 43.7 Å². The monoisotopic (exact) mass is 332 g/mol. The van der Waals surface area contributed by atoms with Crippen molar-refractivity contribution in [3.8, 4) is 0 Å². The number of hydrogen-bond donors (Lipinski definition) is 2. The number of carbonyl (C=O) groups excluding carboxylic acids is 1. The Bertz CT molecular complexity index is 810. The number of β-amino-alcohol motifs (C(OH)–C–C–N with tert-alkyl or cyclic N) is 1. The summed E-state index contributed by atoms with van der Waals surface area (Å²) in [5.74, 6) is 0.521. The van der Waals surface area contributed by atoms with Crippen LogP contribution >= 0.6 is 0 Å². The highest BCUT2D eigenvalue weighted by molar-refractivity contribution is 5.94. The molecule has 0 bridgehead atoms. The van der Waals surface area contributed by atoms with Crippen molar-refractivity contribution >= 4 is 5.91 Å². The van der Waals surface area contributed by atoms with Crippen LogP contribution in [0.2, 0.25) is 0 Å². The van der Waals surface area contributed by atoms with Crippen molar-refractivity contribution in [1.82, 2.24) is 20.0 Å². The molecule has 3 rings (SSSR count). The lowest BCUT2D eigenvalue weighted by atomic mass is 10.1. The van der Waals surface area contributed by atoms with Crippen LogP contribution in [0.25, 0.3) is 0 Å². The first-order valence-corrected chi connectivity index (χ1v) is 7.88. The van der Waals surface area contributed by atoms with Gasteiger partial charge in [-0.3, -0.25) is 9.59 Å². The van der Waals surface area contributed by atoms with E-state index in [0.717, 1.165) is 0 Å². The third-order valence-corrected chi connectivity index (χ3v) is 4.10. The Morgan fingerprint density at radius 1 is 1.46 bits per heavy atom. The van der Waals surface area contributed by atoms with Crippen LogP contribution in [0.5, 0.6) is 0 Å². The fourth-order valence-electron chi connectivity index (χ4n) is 2.89. The van der Waals surface area contributed by atoms with Crippen molar-refractivity contribution in [2.24, 2.45) is 0 Å². The molecule has 0 unspecified atom stereocenters. The van der Waals surface area contributed by atoms with E-state index < -0.39 is 12.1 Å². The quantitative estimate of drug-likeness (QED) is 0.871. The van der Waals surface area contributed by atoms with Crippen LogP contribution in [0, 0.1) is 6.92 Å². The third kappa shape index (κ3) is 3.09. The molecule has 2 N–H and O–H groups in total. The molecule has 1 aliphatic rings. The van der Waals surface area contributed by atoms with Crippen molar-refractivity contribution in [1.29, 1.82) is 0 Å². The minimum atomic E-state index is -0.669. The number of likely N-dealkylation sites (tertiary alicyclic amines) is 1. The van der Waals surface area contributed by atoms with E-state index in [0.29, 0.717) is 23.8 Å². The fraction of sp³-hybridized carbons (Fsp3) is 0.500. The van der Waals surface area contributed by atoms with E-state index >= 15 is 0 Å². The average molecular weight is 332 g/mol. The summed E-state index contributed by atoms with van der Waals surface area (Å²) < 4.78 is 5.16. The van der Waals surface area contributed by atoms with Crippen molar-refractivity contribution in [3.63, 3.8) is 0 Å². The van der Waals surface area contributed by atoms with Gasteiger partial charge in [-0.2, -0.15) is 4.98 Å². The molecule has 24 heavy (non-hydrogen) atoms. The van der Waals surface area contributed by atoms with E-state index in [1.807, 2.05) is 13.8 Å². The molecule has 0 aromatic carbocycles. The van der Waals surface area contributed by atoms with Gasteiger partial charge in [-0.05, 0) is 18.9 Å². The van der Waals surface area contributed by atoms with Crippen LogP contribution in [0.1, 0.15) is 60.0 Å². The number of H-pyrrole nitrogens is 1. The molecule has 8 nitrogen and oxygen atoms in total. The van der Waals surface area contributed by atoms with Crippen LogP contribution in [-0.2, 0) is 0 Å². The van der Waals surface area contributed by atoms with E-state index in [9.17, 15) is 14.7 Å². The summed E-state index contributed by atoms with van der Waals surface area (Å²) in [4.78, 5) is 33.1. The number of aromatic nitrogens is 3. The third-order valence-electron chi connectivity index (χ3n) is 4.10. The summed E-state index contributed by atoms with van der Waals surface area (Å²) >= 11 is 0. The van der Waals surface area contributed by atoms with E-state index in [-0.39, 0.29) is 29.5 Å². The average Bonchev–Trinajstić information content (AvgIpc) is 3.11. The summed E-state index contributed by atoms with van der Waals surface area (Å²) in [5.41, 5.74) is 0.656. The van der Waals surface area contributed by atoms with E-state index in [1.54, 1.807) is 13.0 Å². The number of amides is 1. The van der Waals surface area contributed by atoms with Gasteiger partial charge >= 0.3 is 0 Å². The second-order valence-corrected chi connectivity index (χ2v) is 6.39. The van der Waals surface area contributed by atoms with Crippen LogP contribution in [0.3, 0.4) is 0 Å². The number of aliphatic hydroxyl groups is 1. The molecule has 0 saturated carbocycles. The summed E-state index contributed by atoms with van der Waals surface area (Å²) in [5, 5.41) is 13.7. The van der Waals surface area contributed by atoms with E-state index in [1.165, 1.54) is 11.0 Å². The molecule has 0 radical (unpaired) electrons. The lowest BCUT2D eigenvalue weighted by Crippen LogP contribution is -2.33. The molecule has 2 atom stereocenters. The van der Waals surface area contributed by atoms with Gasteiger partial charge in [0.05, 0.1) is 6.10 Å². The molecule has 0 aliphatic carbocycles. The number of hydrogen-bond acceptors (Lipinski definition) is 6. The minimum Gasteiger partial charge on any atom is -0.391 e. The zero-order chi connectivity index (χ0) is 17.4. The highest BCUT2D eigenvalue weighted by atomic mass is 16.5. The molecule has 0 spiro atoms. The molecule has 2 aromatic heterocycles. The molecule has 1 saturated heterocycles. The second kappa shape index (κ2) is 6.20. The Morgan fingerprint density at radius 2 is 2.21 bits per heavy atom. The van der Waals surface area contributed by atoms with Gasteiger partial charge < -0.3 is 19.5 Å². The number of aryl methyl sites for hydroxylation is 1. The first-order valence-electron chi connectivity index (χ1n) is 7.88. The van der Waals surface area contributed by atoms with Gasteiger partial charge in [0.2, 0.25) is 11.4 Å². The maximum absolute atomic E-state index is 12.9. The molecular formula is C16H20N4O4. The normalized spacial score (nSPS) is 20.8. The molecule has 3 heterocycles. The van der Waals surface area contributed by atoms with Crippen LogP contribution in [0.15, 0.2) is 21.5 Å². The number of nitrogens with one attached hydrogen (secondary N) is 1.